The zero-order chi connectivity index (χ0) is 61.6. The Kier molecular flexibility index (Phi) is 18.3. The van der Waals surface area contributed by atoms with Gasteiger partial charge >= 0.3 is 46.7 Å². The molecule has 0 bridgehead atoms. The number of benzene rings is 6. The summed E-state index contributed by atoms with van der Waals surface area (Å²) in [7, 11) is -17.1. The summed E-state index contributed by atoms with van der Waals surface area (Å²) in [6.45, 7) is -2.05. The Morgan fingerprint density at radius 1 is 0.494 bits per heavy atom. The SMILES string of the molecule is O=S(=O)(OC1C=C(C2=CCN(S(=O)(=O)C(F)(F)F)CC2)c2cc(C(c3ccc(Cl)cc3)c3ccc(Cl)cc3)ccc2N1)C(F)(F)F.O=c1cc(C2=CCN(S(=O)(=O)C(F)(F)F)CC2)c2cc(C(c3ccc(Cl)cc3)c3ccc(Cl)cc3)ccc2[nH]1. The van der Waals surface area contributed by atoms with Gasteiger partial charge in [0.1, 0.15) is 0 Å². The van der Waals surface area contributed by atoms with Crippen LogP contribution in [0.5, 0.6) is 0 Å². The number of hydrogen-bond acceptors (Lipinski definition) is 9. The zero-order valence-corrected chi connectivity index (χ0v) is 48.8. The molecule has 1 unspecified atom stereocenters. The maximum absolute atomic E-state index is 13.2. The first-order chi connectivity index (χ1) is 39.8. The molecular weight excluding hydrogens is 1280 g/mol. The molecule has 7 aromatic rings. The quantitative estimate of drug-likeness (QED) is 0.0525. The minimum absolute atomic E-state index is 0.0237. The van der Waals surface area contributed by atoms with Gasteiger partial charge in [-0.2, -0.15) is 56.5 Å². The molecule has 1 aromatic heterocycles. The van der Waals surface area contributed by atoms with Gasteiger partial charge in [0.15, 0.2) is 6.23 Å². The van der Waals surface area contributed by atoms with E-state index in [0.717, 1.165) is 33.9 Å². The Bertz CT molecular complexity index is 4100. The number of alkyl halides is 9. The van der Waals surface area contributed by atoms with E-state index in [4.69, 9.17) is 46.4 Å². The minimum Gasteiger partial charge on any atom is -0.355 e. The van der Waals surface area contributed by atoms with E-state index in [0.29, 0.717) is 57.6 Å². The van der Waals surface area contributed by atoms with Crippen LogP contribution in [0.4, 0.5) is 45.2 Å². The normalized spacial score (nSPS) is 16.7. The third kappa shape index (κ3) is 13.8. The maximum atomic E-state index is 13.2. The van der Waals surface area contributed by atoms with Crippen LogP contribution in [0.1, 0.15) is 69.2 Å². The third-order valence-electron chi connectivity index (χ3n) is 14.1. The van der Waals surface area contributed by atoms with Crippen LogP contribution in [0.25, 0.3) is 22.0 Å². The molecule has 1 atom stereocenters. The maximum Gasteiger partial charge on any atom is 0.523 e. The number of pyridine rings is 1. The summed E-state index contributed by atoms with van der Waals surface area (Å²) in [4.78, 5) is 15.3. The number of hydrogen-bond donors (Lipinski definition) is 2. The van der Waals surface area contributed by atoms with Gasteiger partial charge in [0, 0.05) is 86.3 Å². The summed E-state index contributed by atoms with van der Waals surface area (Å²) in [5.74, 6) is -0.634. The first-order valence-corrected chi connectivity index (χ1v) is 30.9. The minimum atomic E-state index is -6.06. The van der Waals surface area contributed by atoms with Gasteiger partial charge in [-0.25, -0.2) is 21.0 Å². The molecule has 10 rings (SSSR count). The van der Waals surface area contributed by atoms with Crippen LogP contribution in [0, 0.1) is 0 Å². The van der Waals surface area contributed by atoms with Crippen LogP contribution in [-0.4, -0.2) is 87.8 Å². The second-order valence-corrected chi connectivity index (χ2v) is 26.6. The molecule has 0 amide bonds. The van der Waals surface area contributed by atoms with Crippen LogP contribution in [0.15, 0.2) is 168 Å². The van der Waals surface area contributed by atoms with Crippen LogP contribution in [0.2, 0.25) is 20.1 Å². The summed E-state index contributed by atoms with van der Waals surface area (Å²) in [6, 6.07) is 40.9. The number of halogens is 13. The first-order valence-electron chi connectivity index (χ1n) is 25.1. The van der Waals surface area contributed by atoms with Gasteiger partial charge < -0.3 is 10.3 Å². The fourth-order valence-corrected chi connectivity index (χ4v) is 12.8. The van der Waals surface area contributed by atoms with Gasteiger partial charge in [-0.05, 0) is 147 Å². The van der Waals surface area contributed by atoms with Crippen molar-refractivity contribution in [1.29, 1.82) is 0 Å². The second kappa shape index (κ2) is 24.5. The monoisotopic (exact) mass is 1320 g/mol. The van der Waals surface area contributed by atoms with E-state index in [9.17, 15) is 69.6 Å². The van der Waals surface area contributed by atoms with Crippen LogP contribution < -0.4 is 10.9 Å². The van der Waals surface area contributed by atoms with Crippen LogP contribution >= 0.6 is 46.4 Å². The van der Waals surface area contributed by atoms with Crippen LogP contribution in [0.3, 0.4) is 0 Å². The lowest BCUT2D eigenvalue weighted by molar-refractivity contribution is -0.0554. The van der Waals surface area contributed by atoms with Crippen molar-refractivity contribution in [1.82, 2.24) is 13.6 Å². The average Bonchev–Trinajstić information content (AvgIpc) is 1.29. The fraction of sp³-hybridized carbons (Fsp3) is 0.211. The summed E-state index contributed by atoms with van der Waals surface area (Å²) >= 11 is 24.5. The number of H-pyrrole nitrogens is 1. The molecule has 6 aromatic carbocycles. The summed E-state index contributed by atoms with van der Waals surface area (Å²) in [6.07, 6.45) is 1.61. The lowest BCUT2D eigenvalue weighted by Crippen LogP contribution is -2.43. The highest BCUT2D eigenvalue weighted by Gasteiger charge is 2.52. The van der Waals surface area contributed by atoms with Crippen molar-refractivity contribution in [3.8, 4) is 0 Å². The molecule has 2 N–H and O–H groups in total. The second-order valence-electron chi connectivity index (χ2n) is 19.4. The molecule has 0 aliphatic carbocycles. The van der Waals surface area contributed by atoms with Gasteiger partial charge in [-0.1, -0.05) is 119 Å². The van der Waals surface area contributed by atoms with Crippen molar-refractivity contribution < 1.29 is 69.0 Å². The van der Waals surface area contributed by atoms with Crippen molar-refractivity contribution in [3.63, 3.8) is 0 Å². The number of aromatic amines is 1. The van der Waals surface area contributed by atoms with Gasteiger partial charge in [-0.3, -0.25) is 4.79 Å². The van der Waals surface area contributed by atoms with Crippen molar-refractivity contribution in [2.75, 3.05) is 31.5 Å². The first kappa shape index (κ1) is 63.3. The lowest BCUT2D eigenvalue weighted by Gasteiger charge is -2.32. The number of allylic oxidation sites excluding steroid dienone is 1. The molecule has 0 saturated carbocycles. The molecule has 0 fully saturated rings. The summed E-state index contributed by atoms with van der Waals surface area (Å²) in [5.41, 5.74) is -9.19. The predicted octanol–water partition coefficient (Wildman–Crippen LogP) is 14.6. The fourth-order valence-electron chi connectivity index (χ4n) is 10.1. The molecule has 3 aliphatic rings. The van der Waals surface area contributed by atoms with Crippen molar-refractivity contribution >= 4 is 104 Å². The largest absolute Gasteiger partial charge is 0.523 e. The Hall–Kier alpha value is -6.19. The molecule has 28 heteroatoms. The highest BCUT2D eigenvalue weighted by Crippen LogP contribution is 2.44. The van der Waals surface area contributed by atoms with E-state index >= 15 is 0 Å². The lowest BCUT2D eigenvalue weighted by atomic mass is 9.82. The van der Waals surface area contributed by atoms with E-state index in [1.807, 2.05) is 36.4 Å². The third-order valence-corrected chi connectivity index (χ3v) is 19.3. The molecule has 3 aliphatic heterocycles. The molecule has 0 radical (unpaired) electrons. The Labute approximate surface area is 501 Å². The smallest absolute Gasteiger partial charge is 0.355 e. The Morgan fingerprint density at radius 3 is 1.29 bits per heavy atom. The van der Waals surface area contributed by atoms with Gasteiger partial charge in [0.2, 0.25) is 5.56 Å². The standard InChI is InChI=1S/C29H22Cl2F6N2O5S2.C28H21Cl2F3N2O3S/c30-21-6-1-18(2-7-21)27(19-3-8-22(31)9-4-19)20-5-10-25-24(15-20)23(16-26(38-25)44-46(42,43)29(35,36)37)17-11-13-39(14-12-17)45(40,41)28(32,33)34;29-21-6-1-18(2-7-21)27(19-3-8-22(30)9-4-19)20-5-10-25-24(15-20)23(16-26(36)34-25)17-11-13-35(14-12-17)39(37,38)28(31,32)33/h1-11,15-16,26-27,38H,12-14H2;1-11,15-16,27H,12-14H2,(H,34,36). The predicted molar refractivity (Wildman–Crippen MR) is 309 cm³/mol. The molecule has 4 heterocycles. The molecule has 12 nitrogen and oxygen atoms in total. The number of nitrogens with one attached hydrogen (secondary N) is 2. The van der Waals surface area contributed by atoms with E-state index in [1.165, 1.54) is 24.3 Å². The number of anilines is 1. The average molecular weight is 1320 g/mol. The number of fused-ring (bicyclic) bond motifs is 2. The van der Waals surface area contributed by atoms with Crippen molar-refractivity contribution in [2.45, 2.75) is 47.4 Å². The van der Waals surface area contributed by atoms with E-state index in [-0.39, 0.29) is 52.0 Å². The number of rotatable bonds is 12. The number of nitrogens with zero attached hydrogens (tertiary/aromatic N) is 2. The molecule has 0 saturated heterocycles. The number of aromatic nitrogens is 1. The number of sulfonamides is 2. The molecule has 0 spiro atoms. The summed E-state index contributed by atoms with van der Waals surface area (Å²) in [5, 5.41) is 5.48. The van der Waals surface area contributed by atoms with E-state index in [1.54, 1.807) is 91.0 Å². The zero-order valence-electron chi connectivity index (χ0n) is 43.3. The van der Waals surface area contributed by atoms with Gasteiger partial charge in [0.25, 0.3) is 0 Å². The Morgan fingerprint density at radius 2 is 0.894 bits per heavy atom. The van der Waals surface area contributed by atoms with Crippen molar-refractivity contribution in [3.05, 3.63) is 238 Å². The topological polar surface area (TPSA) is 163 Å². The highest BCUT2D eigenvalue weighted by atomic mass is 35.5. The van der Waals surface area contributed by atoms with E-state index < -0.39 is 78.5 Å². The van der Waals surface area contributed by atoms with Crippen LogP contribution in [-0.2, 0) is 34.3 Å². The van der Waals surface area contributed by atoms with Gasteiger partial charge in [0.05, 0.1) is 0 Å². The molecule has 448 valence electrons. The molecular formula is C57H43Cl4F9N4O8S3. The summed E-state index contributed by atoms with van der Waals surface area (Å²) < 4.78 is 194. The Balaban J connectivity index is 0.000000206. The van der Waals surface area contributed by atoms with E-state index in [2.05, 4.69) is 14.5 Å². The highest BCUT2D eigenvalue weighted by molar-refractivity contribution is 7.90. The van der Waals surface area contributed by atoms with Gasteiger partial charge in [-0.15, -0.1) is 0 Å². The molecule has 85 heavy (non-hydrogen) atoms. The van der Waals surface area contributed by atoms with Crippen molar-refractivity contribution in [2.24, 2.45) is 0 Å².